The van der Waals surface area contributed by atoms with Gasteiger partial charge in [0.1, 0.15) is 0 Å². The average Bonchev–Trinajstić information content (AvgIpc) is 3.01. The Labute approximate surface area is 167 Å². The standard InChI is InChI=1S/C19H27N3O3S.ClH/c23-19(14-15-12-16-6-7-17(13-15)20-16)21-8-10-22(11-9-21)26(24,25)18-4-2-1-3-5-18;/h1-5,15-17,20H,6-14H2;1H. The summed E-state index contributed by atoms with van der Waals surface area (Å²) in [6.07, 6.45) is 5.30. The zero-order valence-corrected chi connectivity index (χ0v) is 17.1. The van der Waals surface area contributed by atoms with Crippen molar-refractivity contribution in [3.63, 3.8) is 0 Å². The van der Waals surface area contributed by atoms with E-state index >= 15 is 0 Å². The molecule has 27 heavy (non-hydrogen) atoms. The molecule has 150 valence electrons. The monoisotopic (exact) mass is 413 g/mol. The number of rotatable bonds is 4. The van der Waals surface area contributed by atoms with Crippen molar-refractivity contribution in [2.75, 3.05) is 26.2 Å². The van der Waals surface area contributed by atoms with Gasteiger partial charge in [0, 0.05) is 44.7 Å². The molecule has 3 aliphatic heterocycles. The number of carbonyl (C=O) groups excluding carboxylic acids is 1. The van der Waals surface area contributed by atoms with E-state index in [4.69, 9.17) is 0 Å². The van der Waals surface area contributed by atoms with Crippen molar-refractivity contribution in [3.05, 3.63) is 30.3 Å². The van der Waals surface area contributed by atoms with Gasteiger partial charge in [0.2, 0.25) is 15.9 Å². The first kappa shape index (κ1) is 20.6. The summed E-state index contributed by atoms with van der Waals surface area (Å²) in [5.74, 6) is 0.667. The van der Waals surface area contributed by atoms with Gasteiger partial charge in [0.25, 0.3) is 0 Å². The molecule has 0 saturated carbocycles. The van der Waals surface area contributed by atoms with Gasteiger partial charge in [-0.15, -0.1) is 12.4 Å². The minimum Gasteiger partial charge on any atom is -0.340 e. The van der Waals surface area contributed by atoms with Gasteiger partial charge in [-0.1, -0.05) is 18.2 Å². The van der Waals surface area contributed by atoms with Gasteiger partial charge in [0.15, 0.2) is 0 Å². The number of hydrogen-bond acceptors (Lipinski definition) is 4. The van der Waals surface area contributed by atoms with Gasteiger partial charge in [-0.3, -0.25) is 4.79 Å². The lowest BCUT2D eigenvalue weighted by Gasteiger charge is -2.35. The Bertz CT molecular complexity index is 739. The van der Waals surface area contributed by atoms with E-state index in [1.54, 1.807) is 24.3 Å². The fraction of sp³-hybridized carbons (Fsp3) is 0.632. The molecule has 0 radical (unpaired) electrons. The zero-order valence-electron chi connectivity index (χ0n) is 15.4. The lowest BCUT2D eigenvalue weighted by Crippen LogP contribution is -2.51. The van der Waals surface area contributed by atoms with Crippen LogP contribution in [0.2, 0.25) is 0 Å². The van der Waals surface area contributed by atoms with Crippen LogP contribution in [-0.4, -0.2) is 61.8 Å². The molecule has 6 nitrogen and oxygen atoms in total. The summed E-state index contributed by atoms with van der Waals surface area (Å²) in [4.78, 5) is 14.8. The Hall–Kier alpha value is -1.15. The largest absolute Gasteiger partial charge is 0.340 e. The fourth-order valence-electron chi connectivity index (χ4n) is 4.64. The van der Waals surface area contributed by atoms with Gasteiger partial charge >= 0.3 is 0 Å². The molecule has 8 heteroatoms. The third-order valence-electron chi connectivity index (χ3n) is 6.01. The van der Waals surface area contributed by atoms with Crippen LogP contribution in [0.25, 0.3) is 0 Å². The molecule has 4 rings (SSSR count). The normalized spacial score (nSPS) is 28.6. The minimum atomic E-state index is -3.46. The van der Waals surface area contributed by atoms with E-state index in [9.17, 15) is 13.2 Å². The van der Waals surface area contributed by atoms with Crippen LogP contribution < -0.4 is 5.32 Å². The number of carbonyl (C=O) groups is 1. The minimum absolute atomic E-state index is 0. The second-order valence-electron chi connectivity index (χ2n) is 7.78. The predicted octanol–water partition coefficient (Wildman–Crippen LogP) is 1.86. The first-order chi connectivity index (χ1) is 12.5. The summed E-state index contributed by atoms with van der Waals surface area (Å²) in [6, 6.07) is 9.72. The second kappa shape index (κ2) is 8.47. The summed E-state index contributed by atoms with van der Waals surface area (Å²) in [6.45, 7) is 1.73. The SMILES string of the molecule is Cl.O=C(CC1CC2CCC(C1)N2)N1CCN(S(=O)(=O)c2ccccc2)CC1. The highest BCUT2D eigenvalue weighted by Gasteiger charge is 2.36. The second-order valence-corrected chi connectivity index (χ2v) is 9.72. The number of hydrogen-bond donors (Lipinski definition) is 1. The summed E-state index contributed by atoms with van der Waals surface area (Å²) in [5, 5.41) is 3.61. The Balaban J connectivity index is 0.00000210. The van der Waals surface area contributed by atoms with Crippen molar-refractivity contribution in [1.29, 1.82) is 0 Å². The maximum atomic E-state index is 12.7. The molecule has 2 atom stereocenters. The molecule has 1 amide bonds. The van der Waals surface area contributed by atoms with Gasteiger partial charge in [0.05, 0.1) is 4.90 Å². The number of benzene rings is 1. The van der Waals surface area contributed by atoms with E-state index in [0.29, 0.717) is 55.5 Å². The number of piperidine rings is 1. The van der Waals surface area contributed by atoms with Gasteiger partial charge in [-0.25, -0.2) is 8.42 Å². The summed E-state index contributed by atoms with van der Waals surface area (Å²) < 4.78 is 26.8. The van der Waals surface area contributed by atoms with Crippen LogP contribution >= 0.6 is 12.4 Å². The molecular formula is C19H28ClN3O3S. The quantitative estimate of drug-likeness (QED) is 0.818. The molecule has 0 spiro atoms. The van der Waals surface area contributed by atoms with Gasteiger partial charge < -0.3 is 10.2 Å². The molecule has 3 heterocycles. The van der Waals surface area contributed by atoms with Crippen molar-refractivity contribution in [2.45, 2.75) is 49.1 Å². The maximum absolute atomic E-state index is 12.7. The smallest absolute Gasteiger partial charge is 0.243 e. The van der Waals surface area contributed by atoms with E-state index < -0.39 is 10.0 Å². The molecule has 1 aromatic rings. The van der Waals surface area contributed by atoms with Crippen LogP contribution in [-0.2, 0) is 14.8 Å². The molecule has 0 aromatic heterocycles. The molecule has 0 aliphatic carbocycles. The third-order valence-corrected chi connectivity index (χ3v) is 7.92. The first-order valence-corrected chi connectivity index (χ1v) is 11.1. The lowest BCUT2D eigenvalue weighted by atomic mass is 9.89. The highest BCUT2D eigenvalue weighted by Crippen LogP contribution is 2.33. The highest BCUT2D eigenvalue weighted by atomic mass is 35.5. The molecule has 3 saturated heterocycles. The number of fused-ring (bicyclic) bond motifs is 2. The van der Waals surface area contributed by atoms with Crippen LogP contribution in [0.3, 0.4) is 0 Å². The van der Waals surface area contributed by atoms with E-state index in [-0.39, 0.29) is 18.3 Å². The fourth-order valence-corrected chi connectivity index (χ4v) is 6.08. The van der Waals surface area contributed by atoms with Crippen molar-refractivity contribution in [2.24, 2.45) is 5.92 Å². The maximum Gasteiger partial charge on any atom is 0.243 e. The number of nitrogens with zero attached hydrogens (tertiary/aromatic N) is 2. The number of amides is 1. The van der Waals surface area contributed by atoms with Crippen LogP contribution in [0.5, 0.6) is 0 Å². The topological polar surface area (TPSA) is 69.7 Å². The van der Waals surface area contributed by atoms with Gasteiger partial charge in [-0.2, -0.15) is 4.31 Å². The van der Waals surface area contributed by atoms with E-state index in [1.807, 2.05) is 11.0 Å². The number of halogens is 1. The Morgan fingerprint density at radius 3 is 2.19 bits per heavy atom. The summed E-state index contributed by atoms with van der Waals surface area (Å²) >= 11 is 0. The average molecular weight is 414 g/mol. The molecule has 1 N–H and O–H groups in total. The molecule has 3 aliphatic rings. The zero-order chi connectivity index (χ0) is 18.1. The highest BCUT2D eigenvalue weighted by molar-refractivity contribution is 7.89. The van der Waals surface area contributed by atoms with Crippen molar-refractivity contribution in [1.82, 2.24) is 14.5 Å². The number of nitrogens with one attached hydrogen (secondary N) is 1. The Morgan fingerprint density at radius 1 is 1.00 bits per heavy atom. The predicted molar refractivity (Wildman–Crippen MR) is 106 cm³/mol. The van der Waals surface area contributed by atoms with Crippen LogP contribution in [0.1, 0.15) is 32.1 Å². The van der Waals surface area contributed by atoms with Crippen LogP contribution in [0.4, 0.5) is 0 Å². The summed E-state index contributed by atoms with van der Waals surface area (Å²) in [7, 11) is -3.46. The van der Waals surface area contributed by atoms with Crippen molar-refractivity contribution < 1.29 is 13.2 Å². The number of sulfonamides is 1. The van der Waals surface area contributed by atoms with Crippen LogP contribution in [0, 0.1) is 5.92 Å². The van der Waals surface area contributed by atoms with Gasteiger partial charge in [-0.05, 0) is 43.7 Å². The van der Waals surface area contributed by atoms with Crippen molar-refractivity contribution in [3.8, 4) is 0 Å². The molecule has 1 aromatic carbocycles. The van der Waals surface area contributed by atoms with E-state index in [0.717, 1.165) is 12.8 Å². The third kappa shape index (κ3) is 4.47. The van der Waals surface area contributed by atoms with Crippen LogP contribution in [0.15, 0.2) is 35.2 Å². The number of piperazine rings is 1. The lowest BCUT2D eigenvalue weighted by molar-refractivity contribution is -0.133. The molecular weight excluding hydrogens is 386 g/mol. The van der Waals surface area contributed by atoms with E-state index in [2.05, 4.69) is 5.32 Å². The first-order valence-electron chi connectivity index (χ1n) is 9.61. The summed E-state index contributed by atoms with van der Waals surface area (Å²) in [5.41, 5.74) is 0. The van der Waals surface area contributed by atoms with E-state index in [1.165, 1.54) is 17.1 Å². The molecule has 2 bridgehead atoms. The van der Waals surface area contributed by atoms with Crippen molar-refractivity contribution >= 4 is 28.3 Å². The Morgan fingerprint density at radius 2 is 1.59 bits per heavy atom. The Kier molecular flexibility index (Phi) is 6.46. The molecule has 2 unspecified atom stereocenters. The molecule has 3 fully saturated rings.